The molecule has 0 saturated heterocycles. The van der Waals surface area contributed by atoms with Crippen LogP contribution in [-0.2, 0) is 11.3 Å². The molecule has 0 spiro atoms. The third-order valence-corrected chi connectivity index (χ3v) is 3.31. The highest BCUT2D eigenvalue weighted by atomic mass is 32.1. The van der Waals surface area contributed by atoms with Gasteiger partial charge in [-0.3, -0.25) is 4.79 Å². The molecule has 0 unspecified atom stereocenters. The van der Waals surface area contributed by atoms with E-state index >= 15 is 0 Å². The van der Waals surface area contributed by atoms with Gasteiger partial charge in [0, 0.05) is 11.4 Å². The largest absolute Gasteiger partial charge is 0.347 e. The molecule has 0 atom stereocenters. The molecule has 0 fully saturated rings. The molecule has 0 aliphatic heterocycles. The van der Waals surface area contributed by atoms with E-state index in [1.54, 1.807) is 6.08 Å². The average Bonchev–Trinajstić information content (AvgIpc) is 2.96. The number of rotatable bonds is 4. The van der Waals surface area contributed by atoms with Crippen molar-refractivity contribution in [2.24, 2.45) is 0 Å². The van der Waals surface area contributed by atoms with Crippen LogP contribution in [0.1, 0.15) is 10.4 Å². The lowest BCUT2D eigenvalue weighted by Gasteiger charge is -2.03. The second-order valence-electron chi connectivity index (χ2n) is 3.85. The Balaban J connectivity index is 2.01. The minimum Gasteiger partial charge on any atom is -0.347 e. The summed E-state index contributed by atoms with van der Waals surface area (Å²) in [6, 6.07) is 15.3. The number of hydrogen-bond acceptors (Lipinski definition) is 3. The summed E-state index contributed by atoms with van der Waals surface area (Å²) in [7, 11) is 0. The molecule has 94 valence electrons. The van der Waals surface area contributed by atoms with Crippen molar-refractivity contribution >= 4 is 23.3 Å². The van der Waals surface area contributed by atoms with Crippen molar-refractivity contribution in [2.45, 2.75) is 6.54 Å². The SMILES string of the molecule is N#C/C(=C/c1cccs1)C(=O)NCc1ccccc1. The molecule has 0 radical (unpaired) electrons. The van der Waals surface area contributed by atoms with Crippen LogP contribution in [-0.4, -0.2) is 5.91 Å². The molecule has 1 aromatic heterocycles. The number of amides is 1. The number of benzene rings is 1. The zero-order valence-corrected chi connectivity index (χ0v) is 11.0. The topological polar surface area (TPSA) is 52.9 Å². The van der Waals surface area contributed by atoms with Crippen molar-refractivity contribution in [3.8, 4) is 6.07 Å². The second-order valence-corrected chi connectivity index (χ2v) is 4.83. The van der Waals surface area contributed by atoms with Gasteiger partial charge in [-0.25, -0.2) is 0 Å². The fraction of sp³-hybridized carbons (Fsp3) is 0.0667. The first-order chi connectivity index (χ1) is 9.29. The standard InChI is InChI=1S/C15H12N2OS/c16-10-13(9-14-7-4-8-19-14)15(18)17-11-12-5-2-1-3-6-12/h1-9H,11H2,(H,17,18)/b13-9-. The van der Waals surface area contributed by atoms with Crippen LogP contribution in [0.2, 0.25) is 0 Å². The highest BCUT2D eigenvalue weighted by Crippen LogP contribution is 2.13. The van der Waals surface area contributed by atoms with Gasteiger partial charge in [-0.2, -0.15) is 5.26 Å². The maximum absolute atomic E-state index is 11.9. The Morgan fingerprint density at radius 3 is 2.68 bits per heavy atom. The smallest absolute Gasteiger partial charge is 0.262 e. The van der Waals surface area contributed by atoms with E-state index in [-0.39, 0.29) is 11.5 Å². The first-order valence-electron chi connectivity index (χ1n) is 5.77. The third kappa shape index (κ3) is 3.80. The number of thiophene rings is 1. The van der Waals surface area contributed by atoms with E-state index in [0.29, 0.717) is 6.54 Å². The molecule has 0 bridgehead atoms. The summed E-state index contributed by atoms with van der Waals surface area (Å²) in [5.74, 6) is -0.347. The Kier molecular flexibility index (Phi) is 4.49. The van der Waals surface area contributed by atoms with Crippen LogP contribution in [0.5, 0.6) is 0 Å². The lowest BCUT2D eigenvalue weighted by atomic mass is 10.2. The molecular formula is C15H12N2OS. The van der Waals surface area contributed by atoms with Crippen LogP contribution in [0.25, 0.3) is 6.08 Å². The van der Waals surface area contributed by atoms with Crippen molar-refractivity contribution in [1.29, 1.82) is 5.26 Å². The highest BCUT2D eigenvalue weighted by Gasteiger charge is 2.08. The van der Waals surface area contributed by atoms with Crippen LogP contribution in [0.4, 0.5) is 0 Å². The van der Waals surface area contributed by atoms with E-state index in [4.69, 9.17) is 5.26 Å². The van der Waals surface area contributed by atoms with Gasteiger partial charge in [-0.1, -0.05) is 36.4 Å². The van der Waals surface area contributed by atoms with Crippen LogP contribution in [0, 0.1) is 11.3 Å². The first-order valence-corrected chi connectivity index (χ1v) is 6.65. The maximum atomic E-state index is 11.9. The zero-order valence-electron chi connectivity index (χ0n) is 10.2. The van der Waals surface area contributed by atoms with E-state index < -0.39 is 0 Å². The summed E-state index contributed by atoms with van der Waals surface area (Å²) in [4.78, 5) is 12.8. The van der Waals surface area contributed by atoms with E-state index in [1.165, 1.54) is 11.3 Å². The van der Waals surface area contributed by atoms with E-state index in [1.807, 2.05) is 53.9 Å². The number of carbonyl (C=O) groups is 1. The van der Waals surface area contributed by atoms with Gasteiger partial charge < -0.3 is 5.32 Å². The lowest BCUT2D eigenvalue weighted by Crippen LogP contribution is -2.23. The number of hydrogen-bond donors (Lipinski definition) is 1. The van der Waals surface area contributed by atoms with Crippen LogP contribution >= 0.6 is 11.3 Å². The van der Waals surface area contributed by atoms with Gasteiger partial charge in [0.05, 0.1) is 0 Å². The van der Waals surface area contributed by atoms with Gasteiger partial charge in [0.15, 0.2) is 0 Å². The second kappa shape index (κ2) is 6.53. The van der Waals surface area contributed by atoms with Crippen molar-refractivity contribution in [2.75, 3.05) is 0 Å². The van der Waals surface area contributed by atoms with Crippen molar-refractivity contribution in [3.63, 3.8) is 0 Å². The molecule has 19 heavy (non-hydrogen) atoms. The van der Waals surface area contributed by atoms with Crippen LogP contribution < -0.4 is 5.32 Å². The summed E-state index contributed by atoms with van der Waals surface area (Å²) in [5, 5.41) is 13.7. The Morgan fingerprint density at radius 2 is 2.05 bits per heavy atom. The first kappa shape index (κ1) is 13.1. The van der Waals surface area contributed by atoms with Crippen LogP contribution in [0.3, 0.4) is 0 Å². The van der Waals surface area contributed by atoms with E-state index in [0.717, 1.165) is 10.4 Å². The minimum absolute atomic E-state index is 0.124. The molecule has 0 saturated carbocycles. The summed E-state index contributed by atoms with van der Waals surface area (Å²) < 4.78 is 0. The Bertz CT molecular complexity index is 609. The summed E-state index contributed by atoms with van der Waals surface area (Å²) >= 11 is 1.49. The summed E-state index contributed by atoms with van der Waals surface area (Å²) in [5.41, 5.74) is 1.13. The highest BCUT2D eigenvalue weighted by molar-refractivity contribution is 7.10. The van der Waals surface area contributed by atoms with Crippen molar-refractivity contribution < 1.29 is 4.79 Å². The summed E-state index contributed by atoms with van der Waals surface area (Å²) in [6.45, 7) is 0.420. The number of nitriles is 1. The fourth-order valence-corrected chi connectivity index (χ4v) is 2.19. The predicted molar refractivity (Wildman–Crippen MR) is 76.2 cm³/mol. The maximum Gasteiger partial charge on any atom is 0.262 e. The predicted octanol–water partition coefficient (Wildman–Crippen LogP) is 2.97. The lowest BCUT2D eigenvalue weighted by molar-refractivity contribution is -0.117. The van der Waals surface area contributed by atoms with E-state index in [2.05, 4.69) is 5.32 Å². The molecule has 3 nitrogen and oxygen atoms in total. The minimum atomic E-state index is -0.347. The molecule has 1 N–H and O–H groups in total. The normalized spacial score (nSPS) is 10.8. The fourth-order valence-electron chi connectivity index (χ4n) is 1.54. The van der Waals surface area contributed by atoms with Crippen LogP contribution in [0.15, 0.2) is 53.4 Å². The molecule has 2 aromatic rings. The molecule has 4 heteroatoms. The Hall–Kier alpha value is -2.38. The molecule has 1 heterocycles. The average molecular weight is 268 g/mol. The van der Waals surface area contributed by atoms with Gasteiger partial charge in [-0.15, -0.1) is 11.3 Å². The molecule has 2 rings (SSSR count). The number of carbonyl (C=O) groups excluding carboxylic acids is 1. The Labute approximate surface area is 115 Å². The van der Waals surface area contributed by atoms with Crippen molar-refractivity contribution in [3.05, 3.63) is 63.9 Å². The van der Waals surface area contributed by atoms with Gasteiger partial charge in [-0.05, 0) is 23.1 Å². The van der Waals surface area contributed by atoms with Crippen molar-refractivity contribution in [1.82, 2.24) is 5.32 Å². The summed E-state index contributed by atoms with van der Waals surface area (Å²) in [6.07, 6.45) is 1.60. The molecule has 1 amide bonds. The van der Waals surface area contributed by atoms with Gasteiger partial charge >= 0.3 is 0 Å². The Morgan fingerprint density at radius 1 is 1.26 bits per heavy atom. The molecular weight excluding hydrogens is 256 g/mol. The molecule has 0 aliphatic carbocycles. The zero-order chi connectivity index (χ0) is 13.5. The molecule has 0 aliphatic rings. The van der Waals surface area contributed by atoms with Gasteiger partial charge in [0.1, 0.15) is 11.6 Å². The quantitative estimate of drug-likeness (QED) is 0.684. The third-order valence-electron chi connectivity index (χ3n) is 2.49. The van der Waals surface area contributed by atoms with Gasteiger partial charge in [0.25, 0.3) is 5.91 Å². The molecule has 1 aromatic carbocycles. The van der Waals surface area contributed by atoms with Gasteiger partial charge in [0.2, 0.25) is 0 Å². The monoisotopic (exact) mass is 268 g/mol. The van der Waals surface area contributed by atoms with E-state index in [9.17, 15) is 4.79 Å². The number of nitrogens with zero attached hydrogens (tertiary/aromatic N) is 1. The number of nitrogens with one attached hydrogen (secondary N) is 1.